The number of phenolic OH excluding ortho intramolecular Hbond substituents is 1. The molecular weight excluding hydrogens is 182 g/mol. The van der Waals surface area contributed by atoms with Gasteiger partial charge in [0.1, 0.15) is 0 Å². The monoisotopic (exact) mass is 188 g/mol. The molecule has 0 unspecified atom stereocenters. The minimum Gasteiger partial charge on any atom is -0.505 e. The summed E-state index contributed by atoms with van der Waals surface area (Å²) in [5.41, 5.74) is 1.03. The highest BCUT2D eigenvalue weighted by Crippen LogP contribution is 2.29. The third kappa shape index (κ3) is 1.82. The zero-order valence-electron chi connectivity index (χ0n) is 6.06. The molecule has 58 valence electrons. The van der Waals surface area contributed by atoms with Gasteiger partial charge in [-0.15, -0.1) is 0 Å². The van der Waals surface area contributed by atoms with Gasteiger partial charge in [0, 0.05) is 0 Å². The van der Waals surface area contributed by atoms with Crippen molar-refractivity contribution in [2.24, 2.45) is 0 Å². The maximum absolute atomic E-state index is 9.16. The number of phenols is 1. The van der Waals surface area contributed by atoms with Crippen LogP contribution in [0.4, 0.5) is 0 Å². The second kappa shape index (κ2) is 3.37. The molecule has 1 nitrogen and oxygen atoms in total. The molecule has 0 aliphatic carbocycles. The quantitative estimate of drug-likeness (QED) is 0.667. The fourth-order valence-electron chi connectivity index (χ4n) is 0.822. The van der Waals surface area contributed by atoms with Crippen LogP contribution < -0.4 is 5.46 Å². The van der Waals surface area contributed by atoms with E-state index in [1.807, 2.05) is 6.82 Å². The molecule has 1 aromatic rings. The first kappa shape index (κ1) is 8.76. The Morgan fingerprint density at radius 1 is 1.27 bits per heavy atom. The van der Waals surface area contributed by atoms with Gasteiger partial charge in [0.05, 0.1) is 10.0 Å². The molecule has 0 aromatic heterocycles. The molecule has 0 heterocycles. The van der Waals surface area contributed by atoms with Crippen LogP contribution in [0.2, 0.25) is 16.9 Å². The summed E-state index contributed by atoms with van der Waals surface area (Å²) in [5.74, 6) is -0.0365. The van der Waals surface area contributed by atoms with E-state index in [0.717, 1.165) is 12.7 Å². The van der Waals surface area contributed by atoms with Crippen molar-refractivity contribution in [2.45, 2.75) is 6.82 Å². The van der Waals surface area contributed by atoms with Crippen molar-refractivity contribution in [1.82, 2.24) is 0 Å². The molecule has 4 heteroatoms. The lowest BCUT2D eigenvalue weighted by molar-refractivity contribution is 0.476. The van der Waals surface area contributed by atoms with Gasteiger partial charge in [-0.2, -0.15) is 0 Å². The maximum atomic E-state index is 9.16. The molecule has 0 saturated heterocycles. The van der Waals surface area contributed by atoms with Gasteiger partial charge in [0.25, 0.3) is 0 Å². The van der Waals surface area contributed by atoms with Crippen molar-refractivity contribution in [3.8, 4) is 5.75 Å². The molecule has 0 saturated carbocycles. The van der Waals surface area contributed by atoms with Gasteiger partial charge in [0.2, 0.25) is 0 Å². The lowest BCUT2D eigenvalue weighted by Gasteiger charge is -2.01. The summed E-state index contributed by atoms with van der Waals surface area (Å²) in [5, 5.41) is 9.79. The van der Waals surface area contributed by atoms with E-state index in [2.05, 4.69) is 0 Å². The van der Waals surface area contributed by atoms with Crippen molar-refractivity contribution in [1.29, 1.82) is 0 Å². The predicted octanol–water partition coefficient (Wildman–Crippen LogP) is 1.81. The number of aromatic hydroxyl groups is 1. The topological polar surface area (TPSA) is 20.2 Å². The fraction of sp³-hybridized carbons (Fsp3) is 0.143. The Kier molecular flexibility index (Phi) is 2.69. The van der Waals surface area contributed by atoms with Gasteiger partial charge in [0.15, 0.2) is 13.0 Å². The van der Waals surface area contributed by atoms with Crippen LogP contribution in [0, 0.1) is 0 Å². The summed E-state index contributed by atoms with van der Waals surface area (Å²) in [6.07, 6.45) is 0. The van der Waals surface area contributed by atoms with E-state index < -0.39 is 0 Å². The van der Waals surface area contributed by atoms with Crippen LogP contribution in [0.1, 0.15) is 0 Å². The van der Waals surface area contributed by atoms with E-state index >= 15 is 0 Å². The van der Waals surface area contributed by atoms with Crippen LogP contribution in [-0.2, 0) is 0 Å². The van der Waals surface area contributed by atoms with Gasteiger partial charge in [-0.1, -0.05) is 35.5 Å². The molecule has 0 fully saturated rings. The van der Waals surface area contributed by atoms with Crippen LogP contribution in [0.15, 0.2) is 12.1 Å². The smallest absolute Gasteiger partial charge is 0.154 e. The largest absolute Gasteiger partial charge is 0.505 e. The highest BCUT2D eigenvalue weighted by Gasteiger charge is 2.04. The zero-order chi connectivity index (χ0) is 8.43. The van der Waals surface area contributed by atoms with E-state index in [4.69, 9.17) is 28.3 Å². The molecule has 0 atom stereocenters. The first-order valence-corrected chi connectivity index (χ1v) is 4.07. The molecule has 0 aliphatic heterocycles. The van der Waals surface area contributed by atoms with E-state index in [1.165, 1.54) is 0 Å². The maximum Gasteiger partial charge on any atom is 0.154 e. The number of hydrogen-bond donors (Lipinski definition) is 1. The number of rotatable bonds is 1. The molecule has 0 spiro atoms. The van der Waals surface area contributed by atoms with E-state index in [0.29, 0.717) is 10.0 Å². The minimum absolute atomic E-state index is 0.0365. The van der Waals surface area contributed by atoms with Crippen molar-refractivity contribution in [2.75, 3.05) is 0 Å². The Labute approximate surface area is 76.2 Å². The third-order valence-corrected chi connectivity index (χ3v) is 2.06. The average Bonchev–Trinajstić information content (AvgIpc) is 1.99. The highest BCUT2D eigenvalue weighted by atomic mass is 35.5. The van der Waals surface area contributed by atoms with Crippen LogP contribution >= 0.6 is 23.2 Å². The first-order chi connectivity index (χ1) is 5.15. The number of benzene rings is 1. The number of halogens is 2. The summed E-state index contributed by atoms with van der Waals surface area (Å²) in [6.45, 7) is 2.00. The zero-order valence-corrected chi connectivity index (χ0v) is 7.58. The van der Waals surface area contributed by atoms with Crippen LogP contribution in [0.25, 0.3) is 0 Å². The Hall–Kier alpha value is -0.335. The lowest BCUT2D eigenvalue weighted by Crippen LogP contribution is -2.09. The Morgan fingerprint density at radius 2 is 1.73 bits per heavy atom. The summed E-state index contributed by atoms with van der Waals surface area (Å²) in [6, 6.07) is 3.42. The van der Waals surface area contributed by atoms with Crippen molar-refractivity contribution in [3.63, 3.8) is 0 Å². The average molecular weight is 189 g/mol. The van der Waals surface area contributed by atoms with Gasteiger partial charge >= 0.3 is 0 Å². The molecule has 1 aromatic carbocycles. The molecule has 0 radical (unpaired) electrons. The summed E-state index contributed by atoms with van der Waals surface area (Å²) in [4.78, 5) is 0. The minimum atomic E-state index is -0.0365. The summed E-state index contributed by atoms with van der Waals surface area (Å²) in [7, 11) is 0.861. The van der Waals surface area contributed by atoms with E-state index in [1.54, 1.807) is 12.1 Å². The van der Waals surface area contributed by atoms with Gasteiger partial charge in [-0.25, -0.2) is 0 Å². The van der Waals surface area contributed by atoms with Crippen LogP contribution in [0.5, 0.6) is 5.75 Å². The number of hydrogen-bond acceptors (Lipinski definition) is 1. The molecular formula is C7H7BCl2O. The van der Waals surface area contributed by atoms with E-state index in [9.17, 15) is 0 Å². The molecule has 0 aliphatic rings. The van der Waals surface area contributed by atoms with Crippen molar-refractivity contribution < 1.29 is 5.11 Å². The Bertz CT molecular complexity index is 252. The molecule has 1 N–H and O–H groups in total. The van der Waals surface area contributed by atoms with Gasteiger partial charge in [-0.05, 0) is 12.1 Å². The lowest BCUT2D eigenvalue weighted by atomic mass is 9.73. The predicted molar refractivity (Wildman–Crippen MR) is 50.8 cm³/mol. The van der Waals surface area contributed by atoms with Crippen LogP contribution in [0.3, 0.4) is 0 Å². The van der Waals surface area contributed by atoms with Gasteiger partial charge in [-0.3, -0.25) is 0 Å². The summed E-state index contributed by atoms with van der Waals surface area (Å²) >= 11 is 11.3. The van der Waals surface area contributed by atoms with Gasteiger partial charge < -0.3 is 5.11 Å². The molecule has 0 amide bonds. The first-order valence-electron chi connectivity index (χ1n) is 3.32. The fourth-order valence-corrected chi connectivity index (χ4v) is 1.35. The Morgan fingerprint density at radius 3 is 2.09 bits per heavy atom. The summed E-state index contributed by atoms with van der Waals surface area (Å²) < 4.78 is 0. The Balaban J connectivity index is 3.21. The highest BCUT2D eigenvalue weighted by molar-refractivity contribution is 6.53. The SMILES string of the molecule is CBc1cc(Cl)c(O)c(Cl)c1. The molecule has 11 heavy (non-hydrogen) atoms. The normalized spacial score (nSPS) is 9.73. The molecule has 0 bridgehead atoms. The van der Waals surface area contributed by atoms with Crippen molar-refractivity contribution in [3.05, 3.63) is 22.2 Å². The van der Waals surface area contributed by atoms with Crippen molar-refractivity contribution >= 4 is 35.9 Å². The van der Waals surface area contributed by atoms with Crippen LogP contribution in [-0.4, -0.2) is 12.4 Å². The molecule has 1 rings (SSSR count). The third-order valence-electron chi connectivity index (χ3n) is 1.48. The second-order valence-electron chi connectivity index (χ2n) is 2.26. The van der Waals surface area contributed by atoms with E-state index in [-0.39, 0.29) is 5.75 Å². The standard InChI is InChI=1S/C7H7BCl2O/c1-8-4-2-5(9)7(11)6(10)3-4/h2-3,8,11H,1H3. The second-order valence-corrected chi connectivity index (χ2v) is 3.08.